The van der Waals surface area contributed by atoms with Crippen molar-refractivity contribution < 1.29 is 0 Å². The molecule has 0 bridgehead atoms. The molecule has 0 aliphatic heterocycles. The molecule has 0 fully saturated rings. The van der Waals surface area contributed by atoms with E-state index in [-0.39, 0.29) is 0 Å². The van der Waals surface area contributed by atoms with E-state index in [1.807, 2.05) is 0 Å². The van der Waals surface area contributed by atoms with Gasteiger partial charge in [0.1, 0.15) is 0 Å². The molecule has 5 heteroatoms. The lowest BCUT2D eigenvalue weighted by Gasteiger charge is -1.59. The predicted octanol–water partition coefficient (Wildman–Crippen LogP) is 0.124. The monoisotopic (exact) mass is 130 g/mol. The summed E-state index contributed by atoms with van der Waals surface area (Å²) in [5.74, 6) is 3.51. The van der Waals surface area contributed by atoms with Gasteiger partial charge in [0, 0.05) is 0 Å². The molecule has 8 heavy (non-hydrogen) atoms. The zero-order valence-corrected chi connectivity index (χ0v) is 5.27. The standard InChI is InChI=1S/C2H4N4.CH2S/c1-2-3-5-6-4-2;1-2/h1H3,(H,3,4,5,6);1H2. The molecule has 1 aromatic rings. The topological polar surface area (TPSA) is 54.5 Å². The summed E-state index contributed by atoms with van der Waals surface area (Å²) in [6.45, 7) is 1.77. The van der Waals surface area contributed by atoms with E-state index in [0.29, 0.717) is 5.82 Å². The van der Waals surface area contributed by atoms with E-state index in [4.69, 9.17) is 0 Å². The lowest BCUT2D eigenvalue weighted by Crippen LogP contribution is -1.69. The summed E-state index contributed by atoms with van der Waals surface area (Å²) < 4.78 is 0. The minimum absolute atomic E-state index is 0.676. The molecule has 4 nitrogen and oxygen atoms in total. The van der Waals surface area contributed by atoms with E-state index in [1.165, 1.54) is 0 Å². The van der Waals surface area contributed by atoms with Crippen LogP contribution in [0.3, 0.4) is 0 Å². The number of thiocarbonyl (C=S) groups is 1. The number of tetrazole rings is 1. The van der Waals surface area contributed by atoms with Gasteiger partial charge < -0.3 is 0 Å². The first-order chi connectivity index (χ1) is 3.89. The van der Waals surface area contributed by atoms with Crippen LogP contribution in [0.2, 0.25) is 0 Å². The maximum Gasteiger partial charge on any atom is 0.171 e. The fraction of sp³-hybridized carbons (Fsp3) is 0.333. The van der Waals surface area contributed by atoms with E-state index < -0.39 is 0 Å². The Morgan fingerprint density at radius 2 is 2.25 bits per heavy atom. The van der Waals surface area contributed by atoms with Gasteiger partial charge in [-0.2, -0.15) is 5.21 Å². The molecule has 1 heterocycles. The smallest absolute Gasteiger partial charge is 0.171 e. The number of hydrogen-bond donors (Lipinski definition) is 1. The van der Waals surface area contributed by atoms with E-state index in [1.54, 1.807) is 6.92 Å². The third-order valence-corrected chi connectivity index (χ3v) is 0.451. The Morgan fingerprint density at radius 3 is 2.38 bits per heavy atom. The minimum Gasteiger partial charge on any atom is -0.177 e. The number of aromatic amines is 1. The summed E-state index contributed by atoms with van der Waals surface area (Å²) in [7, 11) is 0. The van der Waals surface area contributed by atoms with E-state index >= 15 is 0 Å². The average Bonchev–Trinajstić information content (AvgIpc) is 2.24. The maximum atomic E-state index is 3.83. The van der Waals surface area contributed by atoms with Gasteiger partial charge in [0.2, 0.25) is 0 Å². The molecule has 0 saturated heterocycles. The summed E-state index contributed by atoms with van der Waals surface area (Å²) in [5.41, 5.74) is 0. The molecule has 0 unspecified atom stereocenters. The van der Waals surface area contributed by atoms with E-state index in [9.17, 15) is 0 Å². The summed E-state index contributed by atoms with van der Waals surface area (Å²) in [4.78, 5) is 0. The van der Waals surface area contributed by atoms with Crippen LogP contribution in [0.4, 0.5) is 0 Å². The molecule has 0 amide bonds. The fourth-order valence-electron chi connectivity index (χ4n) is 0.212. The minimum atomic E-state index is 0.676. The highest BCUT2D eigenvalue weighted by Gasteiger charge is 1.78. The van der Waals surface area contributed by atoms with Crippen molar-refractivity contribution in [3.05, 3.63) is 5.82 Å². The van der Waals surface area contributed by atoms with Crippen LogP contribution in [0.1, 0.15) is 5.82 Å². The Morgan fingerprint density at radius 1 is 1.62 bits per heavy atom. The molecule has 1 aromatic heterocycles. The van der Waals surface area contributed by atoms with Gasteiger partial charge >= 0.3 is 0 Å². The van der Waals surface area contributed by atoms with Gasteiger partial charge in [-0.05, 0) is 12.8 Å². The SMILES string of the molecule is C=S.Cc1nn[nH]n1. The van der Waals surface area contributed by atoms with Crippen LogP contribution in [-0.2, 0) is 0 Å². The Bertz CT molecular complexity index is 126. The first-order valence-corrected chi connectivity index (χ1v) is 2.46. The predicted molar refractivity (Wildman–Crippen MR) is 33.6 cm³/mol. The number of rotatable bonds is 0. The van der Waals surface area contributed by atoms with E-state index in [0.717, 1.165) is 0 Å². The largest absolute Gasteiger partial charge is 0.177 e. The third-order valence-electron chi connectivity index (χ3n) is 0.451. The lowest BCUT2D eigenvalue weighted by atomic mass is 10.8. The van der Waals surface area contributed by atoms with Crippen LogP contribution in [-0.4, -0.2) is 26.5 Å². The number of aromatic nitrogens is 4. The lowest BCUT2D eigenvalue weighted by molar-refractivity contribution is 0.881. The molecule has 0 saturated carbocycles. The molecule has 44 valence electrons. The van der Waals surface area contributed by atoms with Crippen molar-refractivity contribution in [3.8, 4) is 0 Å². The highest BCUT2D eigenvalue weighted by Crippen LogP contribution is 1.69. The zero-order valence-electron chi connectivity index (χ0n) is 4.46. The molecule has 1 rings (SSSR count). The average molecular weight is 130 g/mol. The second-order valence-corrected chi connectivity index (χ2v) is 0.959. The molecule has 0 radical (unpaired) electrons. The summed E-state index contributed by atoms with van der Waals surface area (Å²) in [6, 6.07) is 0. The van der Waals surface area contributed by atoms with Gasteiger partial charge in [-0.25, -0.2) is 0 Å². The van der Waals surface area contributed by atoms with Crippen LogP contribution in [0, 0.1) is 6.92 Å². The Hall–Kier alpha value is -0.840. The van der Waals surface area contributed by atoms with Crippen molar-refractivity contribution in [2.75, 3.05) is 0 Å². The summed E-state index contributed by atoms with van der Waals surface area (Å²) in [6.07, 6.45) is 0. The van der Waals surface area contributed by atoms with Gasteiger partial charge in [-0.3, -0.25) is 0 Å². The van der Waals surface area contributed by atoms with Gasteiger partial charge in [0.15, 0.2) is 5.82 Å². The number of H-pyrrole nitrogens is 1. The van der Waals surface area contributed by atoms with Crippen LogP contribution in [0.5, 0.6) is 0 Å². The fourth-order valence-corrected chi connectivity index (χ4v) is 0.212. The van der Waals surface area contributed by atoms with Gasteiger partial charge in [-0.1, -0.05) is 17.4 Å². The molecule has 0 aliphatic carbocycles. The van der Waals surface area contributed by atoms with Crippen molar-refractivity contribution in [1.82, 2.24) is 20.6 Å². The number of aryl methyl sites for hydroxylation is 1. The van der Waals surface area contributed by atoms with Gasteiger partial charge in [-0.15, -0.1) is 10.2 Å². The molecule has 0 spiro atoms. The number of nitrogens with one attached hydrogen (secondary N) is 1. The molecular formula is C3H6N4S. The molecular weight excluding hydrogens is 124 g/mol. The Kier molecular flexibility index (Phi) is 3.87. The molecule has 0 aliphatic rings. The second kappa shape index (κ2) is 4.32. The number of hydrogen-bond acceptors (Lipinski definition) is 4. The van der Waals surface area contributed by atoms with Crippen molar-refractivity contribution in [3.63, 3.8) is 0 Å². The van der Waals surface area contributed by atoms with Crippen LogP contribution in [0.15, 0.2) is 0 Å². The highest BCUT2D eigenvalue weighted by atomic mass is 32.1. The van der Waals surface area contributed by atoms with Crippen LogP contribution in [0.25, 0.3) is 0 Å². The molecule has 0 atom stereocenters. The van der Waals surface area contributed by atoms with Crippen molar-refractivity contribution in [2.45, 2.75) is 6.92 Å². The first kappa shape index (κ1) is 7.16. The first-order valence-electron chi connectivity index (χ1n) is 1.88. The zero-order chi connectivity index (χ0) is 6.41. The summed E-state index contributed by atoms with van der Waals surface area (Å²) >= 11 is 3.83. The van der Waals surface area contributed by atoms with Crippen molar-refractivity contribution >= 4 is 18.1 Å². The van der Waals surface area contributed by atoms with Crippen molar-refractivity contribution in [1.29, 1.82) is 0 Å². The molecule has 0 aromatic carbocycles. The normalized spacial score (nSPS) is 7.12. The quantitative estimate of drug-likeness (QED) is 0.507. The van der Waals surface area contributed by atoms with Gasteiger partial charge in [0.05, 0.1) is 0 Å². The summed E-state index contributed by atoms with van der Waals surface area (Å²) in [5, 5.41) is 12.7. The van der Waals surface area contributed by atoms with Crippen molar-refractivity contribution in [2.24, 2.45) is 0 Å². The number of nitrogens with zero attached hydrogens (tertiary/aromatic N) is 3. The molecule has 1 N–H and O–H groups in total. The van der Waals surface area contributed by atoms with Crippen LogP contribution >= 0.6 is 12.2 Å². The highest BCUT2D eigenvalue weighted by molar-refractivity contribution is 7.77. The van der Waals surface area contributed by atoms with Gasteiger partial charge in [0.25, 0.3) is 0 Å². The maximum absolute atomic E-state index is 3.83. The Balaban J connectivity index is 0.000000222. The Labute approximate surface area is 52.3 Å². The third kappa shape index (κ3) is 2.35. The second-order valence-electron chi connectivity index (χ2n) is 0.959. The van der Waals surface area contributed by atoms with E-state index in [2.05, 4.69) is 38.7 Å². The van der Waals surface area contributed by atoms with Crippen LogP contribution < -0.4 is 0 Å².